The van der Waals surface area contributed by atoms with Gasteiger partial charge in [-0.25, -0.2) is 0 Å². The monoisotopic (exact) mass is 322 g/mol. The number of ether oxygens (including phenoxy) is 2. The molecule has 0 aromatic heterocycles. The van der Waals surface area contributed by atoms with Gasteiger partial charge in [0.1, 0.15) is 45.1 Å². The van der Waals surface area contributed by atoms with Crippen molar-refractivity contribution in [2.24, 2.45) is 0 Å². The summed E-state index contributed by atoms with van der Waals surface area (Å²) in [6, 6.07) is 6.48. The van der Waals surface area contributed by atoms with Crippen molar-refractivity contribution in [1.82, 2.24) is 0 Å². The average molecular weight is 322 g/mol. The molecular formula is C19H34N2O2+2. The summed E-state index contributed by atoms with van der Waals surface area (Å²) in [5, 5.41) is 0. The SMILES string of the molecule is Cc1cc(OCCOCC[NH+]2CC[NH+](C)CC2)cc(C(C)C)c1. The number of hydrogen-bond donors (Lipinski definition) is 2. The van der Waals surface area contributed by atoms with Gasteiger partial charge in [0.2, 0.25) is 0 Å². The molecule has 1 heterocycles. The maximum atomic E-state index is 5.85. The zero-order valence-electron chi connectivity index (χ0n) is 15.3. The Kier molecular flexibility index (Phi) is 7.34. The third-order valence-electron chi connectivity index (χ3n) is 4.65. The normalized spacial score (nSPS) is 21.6. The van der Waals surface area contributed by atoms with Gasteiger partial charge in [-0.2, -0.15) is 0 Å². The number of nitrogens with one attached hydrogen (secondary N) is 2. The highest BCUT2D eigenvalue weighted by molar-refractivity contribution is 5.35. The molecule has 1 fully saturated rings. The molecule has 0 aliphatic carbocycles. The van der Waals surface area contributed by atoms with E-state index in [1.165, 1.54) is 37.3 Å². The van der Waals surface area contributed by atoms with Crippen molar-refractivity contribution in [2.75, 3.05) is 59.6 Å². The third-order valence-corrected chi connectivity index (χ3v) is 4.65. The first kappa shape index (κ1) is 18.2. The summed E-state index contributed by atoms with van der Waals surface area (Å²) >= 11 is 0. The fourth-order valence-corrected chi connectivity index (χ4v) is 3.01. The van der Waals surface area contributed by atoms with Crippen molar-refractivity contribution in [1.29, 1.82) is 0 Å². The van der Waals surface area contributed by atoms with Crippen LogP contribution in [-0.4, -0.2) is 59.6 Å². The number of aryl methyl sites for hydroxylation is 1. The minimum Gasteiger partial charge on any atom is -0.491 e. The number of likely N-dealkylation sites (N-methyl/N-ethyl adjacent to an activating group) is 1. The quantitative estimate of drug-likeness (QED) is 0.656. The Balaban J connectivity index is 1.60. The summed E-state index contributed by atoms with van der Waals surface area (Å²) in [4.78, 5) is 3.33. The highest BCUT2D eigenvalue weighted by Gasteiger charge is 2.18. The smallest absolute Gasteiger partial charge is 0.127 e. The van der Waals surface area contributed by atoms with Crippen molar-refractivity contribution in [3.63, 3.8) is 0 Å². The molecule has 1 aromatic carbocycles. The topological polar surface area (TPSA) is 27.3 Å². The molecule has 0 spiro atoms. The number of rotatable bonds is 8. The Bertz CT molecular complexity index is 468. The predicted octanol–water partition coefficient (Wildman–Crippen LogP) is -0.0730. The first-order valence-corrected chi connectivity index (χ1v) is 9.01. The Morgan fingerprint density at radius 1 is 1.00 bits per heavy atom. The van der Waals surface area contributed by atoms with E-state index in [0.717, 1.165) is 18.9 Å². The lowest BCUT2D eigenvalue weighted by Crippen LogP contribution is -3.27. The fourth-order valence-electron chi connectivity index (χ4n) is 3.01. The van der Waals surface area contributed by atoms with Gasteiger partial charge in [0.05, 0.1) is 20.3 Å². The standard InChI is InChI=1S/C19H32N2O2/c1-16(2)18-13-17(3)14-19(15-18)23-12-11-22-10-9-21-7-5-20(4)6-8-21/h13-16H,5-12H2,1-4H3/p+2. The molecule has 1 aliphatic rings. The molecular weight excluding hydrogens is 288 g/mol. The van der Waals surface area contributed by atoms with Crippen molar-refractivity contribution in [3.05, 3.63) is 29.3 Å². The average Bonchev–Trinajstić information content (AvgIpc) is 2.52. The second-order valence-corrected chi connectivity index (χ2v) is 7.15. The second kappa shape index (κ2) is 9.26. The van der Waals surface area contributed by atoms with Crippen molar-refractivity contribution < 1.29 is 19.3 Å². The van der Waals surface area contributed by atoms with Gasteiger partial charge in [0.15, 0.2) is 0 Å². The second-order valence-electron chi connectivity index (χ2n) is 7.15. The molecule has 0 saturated carbocycles. The molecule has 1 saturated heterocycles. The highest BCUT2D eigenvalue weighted by atomic mass is 16.5. The van der Waals surface area contributed by atoms with Gasteiger partial charge in [-0.1, -0.05) is 19.9 Å². The molecule has 23 heavy (non-hydrogen) atoms. The van der Waals surface area contributed by atoms with Crippen LogP contribution in [0.3, 0.4) is 0 Å². The van der Waals surface area contributed by atoms with E-state index in [1.807, 2.05) is 0 Å². The Morgan fingerprint density at radius 3 is 2.43 bits per heavy atom. The summed E-state index contributed by atoms with van der Waals surface area (Å²) in [5.74, 6) is 1.49. The highest BCUT2D eigenvalue weighted by Crippen LogP contribution is 2.22. The maximum absolute atomic E-state index is 5.85. The van der Waals surface area contributed by atoms with Gasteiger partial charge >= 0.3 is 0 Å². The summed E-state index contributed by atoms with van der Waals surface area (Å²) in [7, 11) is 2.28. The van der Waals surface area contributed by atoms with Crippen molar-refractivity contribution in [3.8, 4) is 5.75 Å². The molecule has 0 radical (unpaired) electrons. The van der Waals surface area contributed by atoms with Gasteiger partial charge in [-0.15, -0.1) is 0 Å². The lowest BCUT2D eigenvalue weighted by Gasteiger charge is -2.27. The Morgan fingerprint density at radius 2 is 1.74 bits per heavy atom. The molecule has 1 aliphatic heterocycles. The van der Waals surface area contributed by atoms with E-state index in [1.54, 1.807) is 9.80 Å². The fraction of sp³-hybridized carbons (Fsp3) is 0.684. The molecule has 130 valence electrons. The largest absolute Gasteiger partial charge is 0.491 e. The number of piperazine rings is 1. The summed E-state index contributed by atoms with van der Waals surface area (Å²) in [6.45, 7) is 14.9. The molecule has 0 atom stereocenters. The van der Waals surface area contributed by atoms with Crippen LogP contribution in [0.25, 0.3) is 0 Å². The van der Waals surface area contributed by atoms with Crippen LogP contribution in [0.5, 0.6) is 5.75 Å². The van der Waals surface area contributed by atoms with Crippen LogP contribution >= 0.6 is 0 Å². The lowest BCUT2D eigenvalue weighted by molar-refractivity contribution is -1.00. The molecule has 4 nitrogen and oxygen atoms in total. The van der Waals surface area contributed by atoms with E-state index in [2.05, 4.69) is 46.0 Å². The molecule has 0 amide bonds. The Labute approximate surface area is 141 Å². The number of hydrogen-bond acceptors (Lipinski definition) is 2. The molecule has 2 rings (SSSR count). The van der Waals surface area contributed by atoms with E-state index < -0.39 is 0 Å². The van der Waals surface area contributed by atoms with Crippen LogP contribution < -0.4 is 14.5 Å². The minimum absolute atomic E-state index is 0.530. The van der Waals surface area contributed by atoms with Crippen LogP contribution in [-0.2, 0) is 4.74 Å². The number of quaternary nitrogens is 2. The van der Waals surface area contributed by atoms with Gasteiger partial charge in [0.25, 0.3) is 0 Å². The predicted molar refractivity (Wildman–Crippen MR) is 93.8 cm³/mol. The van der Waals surface area contributed by atoms with Crippen molar-refractivity contribution in [2.45, 2.75) is 26.7 Å². The van der Waals surface area contributed by atoms with Crippen LogP contribution in [0.4, 0.5) is 0 Å². The first-order chi connectivity index (χ1) is 11.0. The van der Waals surface area contributed by atoms with Gasteiger partial charge in [-0.3, -0.25) is 0 Å². The number of benzene rings is 1. The molecule has 2 N–H and O–H groups in total. The summed E-state index contributed by atoms with van der Waals surface area (Å²) in [5.41, 5.74) is 2.59. The van der Waals surface area contributed by atoms with Crippen LogP contribution in [0.1, 0.15) is 30.9 Å². The van der Waals surface area contributed by atoms with E-state index >= 15 is 0 Å². The summed E-state index contributed by atoms with van der Waals surface area (Å²) < 4.78 is 11.6. The van der Waals surface area contributed by atoms with E-state index in [0.29, 0.717) is 19.1 Å². The van der Waals surface area contributed by atoms with E-state index in [9.17, 15) is 0 Å². The summed E-state index contributed by atoms with van der Waals surface area (Å²) in [6.07, 6.45) is 0. The van der Waals surface area contributed by atoms with Crippen molar-refractivity contribution >= 4 is 0 Å². The molecule has 1 aromatic rings. The van der Waals surface area contributed by atoms with E-state index in [-0.39, 0.29) is 0 Å². The lowest BCUT2D eigenvalue weighted by atomic mass is 10.0. The van der Waals surface area contributed by atoms with Gasteiger partial charge in [-0.05, 0) is 36.1 Å². The zero-order chi connectivity index (χ0) is 16.7. The first-order valence-electron chi connectivity index (χ1n) is 9.01. The van der Waals surface area contributed by atoms with Gasteiger partial charge < -0.3 is 19.3 Å². The minimum atomic E-state index is 0.530. The van der Waals surface area contributed by atoms with Crippen LogP contribution in [0.2, 0.25) is 0 Å². The molecule has 4 heteroatoms. The third kappa shape index (κ3) is 6.50. The van der Waals surface area contributed by atoms with Crippen LogP contribution in [0, 0.1) is 6.92 Å². The maximum Gasteiger partial charge on any atom is 0.127 e. The van der Waals surface area contributed by atoms with Crippen LogP contribution in [0.15, 0.2) is 18.2 Å². The zero-order valence-corrected chi connectivity index (χ0v) is 15.3. The van der Waals surface area contributed by atoms with Gasteiger partial charge in [0, 0.05) is 0 Å². The Hall–Kier alpha value is -1.10. The molecule has 0 unspecified atom stereocenters. The van der Waals surface area contributed by atoms with E-state index in [4.69, 9.17) is 9.47 Å². The molecule has 0 bridgehead atoms.